The highest BCUT2D eigenvalue weighted by Crippen LogP contribution is 2.30. The average Bonchev–Trinajstić information content (AvgIpc) is 3.19. The van der Waals surface area contributed by atoms with Gasteiger partial charge in [0.05, 0.1) is 25.4 Å². The first kappa shape index (κ1) is 25.0. The number of rotatable bonds is 7. The molecule has 1 aromatic carbocycles. The van der Waals surface area contributed by atoms with Gasteiger partial charge in [-0.05, 0) is 39.2 Å². The Bertz CT molecular complexity index is 1080. The Labute approximate surface area is 195 Å². The fourth-order valence-corrected chi connectivity index (χ4v) is 4.84. The number of amides is 1. The van der Waals surface area contributed by atoms with E-state index in [1.54, 1.807) is 34.7 Å². The first-order valence-electron chi connectivity index (χ1n) is 10.9. The summed E-state index contributed by atoms with van der Waals surface area (Å²) in [5, 5.41) is 9.60. The Morgan fingerprint density at radius 1 is 1.36 bits per heavy atom. The number of aliphatic hydroxyl groups excluding tert-OH is 1. The van der Waals surface area contributed by atoms with Gasteiger partial charge in [0.15, 0.2) is 5.03 Å². The number of imidazole rings is 1. The number of fused-ring (bicyclic) bond motifs is 1. The topological polar surface area (TPSA) is 117 Å². The van der Waals surface area contributed by atoms with E-state index in [0.29, 0.717) is 30.1 Å². The number of likely N-dealkylation sites (N-methyl/N-ethyl adjacent to an activating group) is 1. The molecule has 0 saturated heterocycles. The van der Waals surface area contributed by atoms with Crippen LogP contribution in [0.3, 0.4) is 0 Å². The predicted octanol–water partition coefficient (Wildman–Crippen LogP) is 0.932. The molecule has 0 bridgehead atoms. The molecule has 2 N–H and O–H groups in total. The van der Waals surface area contributed by atoms with Crippen molar-refractivity contribution in [2.45, 2.75) is 37.4 Å². The van der Waals surface area contributed by atoms with Crippen LogP contribution in [0.15, 0.2) is 35.7 Å². The highest BCUT2D eigenvalue weighted by Gasteiger charge is 2.31. The van der Waals surface area contributed by atoms with Gasteiger partial charge in [-0.2, -0.15) is 8.42 Å². The van der Waals surface area contributed by atoms with Crippen LogP contribution in [0.5, 0.6) is 5.75 Å². The maximum Gasteiger partial charge on any atom is 0.280 e. The number of aliphatic hydroxyl groups is 1. The van der Waals surface area contributed by atoms with E-state index in [2.05, 4.69) is 9.71 Å². The van der Waals surface area contributed by atoms with E-state index in [1.807, 2.05) is 32.8 Å². The van der Waals surface area contributed by atoms with Crippen LogP contribution in [0.1, 0.15) is 19.4 Å². The molecule has 2 aromatic rings. The summed E-state index contributed by atoms with van der Waals surface area (Å²) in [4.78, 5) is 20.8. The van der Waals surface area contributed by atoms with Crippen LogP contribution >= 0.6 is 0 Å². The first-order chi connectivity index (χ1) is 15.5. The van der Waals surface area contributed by atoms with Crippen molar-refractivity contribution >= 4 is 21.6 Å². The highest BCUT2D eigenvalue weighted by atomic mass is 32.2. The zero-order valence-corrected chi connectivity index (χ0v) is 20.5. The molecular weight excluding hydrogens is 446 g/mol. The molecule has 1 amide bonds. The number of anilines is 1. The summed E-state index contributed by atoms with van der Waals surface area (Å²) in [5.74, 6) is 0.406. The van der Waals surface area contributed by atoms with Gasteiger partial charge in [-0.25, -0.2) is 4.98 Å². The van der Waals surface area contributed by atoms with E-state index in [0.717, 1.165) is 0 Å². The molecule has 0 saturated carbocycles. The van der Waals surface area contributed by atoms with Crippen molar-refractivity contribution in [1.29, 1.82) is 0 Å². The van der Waals surface area contributed by atoms with Gasteiger partial charge < -0.3 is 24.2 Å². The predicted molar refractivity (Wildman–Crippen MR) is 125 cm³/mol. The smallest absolute Gasteiger partial charge is 0.280 e. The zero-order chi connectivity index (χ0) is 24.3. The number of aryl methyl sites for hydroxylation is 1. The van der Waals surface area contributed by atoms with Crippen LogP contribution in [0.2, 0.25) is 0 Å². The number of nitrogens with one attached hydrogen (secondary N) is 1. The number of carbonyl (C=O) groups is 1. The Morgan fingerprint density at radius 3 is 2.70 bits per heavy atom. The van der Waals surface area contributed by atoms with E-state index in [-0.39, 0.29) is 42.0 Å². The van der Waals surface area contributed by atoms with Crippen LogP contribution in [0, 0.1) is 5.92 Å². The van der Waals surface area contributed by atoms with E-state index in [1.165, 1.54) is 12.5 Å². The number of benzene rings is 1. The number of nitrogens with zero attached hydrogens (tertiary/aromatic N) is 4. The summed E-state index contributed by atoms with van der Waals surface area (Å²) < 4.78 is 35.8. The number of aromatic nitrogens is 2. The molecular formula is C22H33N5O5S. The summed E-state index contributed by atoms with van der Waals surface area (Å²) >= 11 is 0. The third-order valence-electron chi connectivity index (χ3n) is 5.67. The van der Waals surface area contributed by atoms with E-state index < -0.39 is 10.0 Å². The third kappa shape index (κ3) is 6.04. The second-order valence-electron chi connectivity index (χ2n) is 8.96. The molecule has 3 rings (SSSR count). The van der Waals surface area contributed by atoms with Crippen molar-refractivity contribution in [3.8, 4) is 5.75 Å². The molecule has 1 aliphatic heterocycles. The third-order valence-corrected chi connectivity index (χ3v) is 6.94. The summed E-state index contributed by atoms with van der Waals surface area (Å²) in [7, 11) is 1.72. The number of hydrogen-bond acceptors (Lipinski definition) is 7. The number of hydrogen-bond donors (Lipinski definition) is 2. The molecule has 0 fully saturated rings. The zero-order valence-electron chi connectivity index (χ0n) is 19.7. The summed E-state index contributed by atoms with van der Waals surface area (Å²) in [5.41, 5.74) is 0.892. The van der Waals surface area contributed by atoms with Gasteiger partial charge in [-0.3, -0.25) is 9.52 Å². The van der Waals surface area contributed by atoms with Gasteiger partial charge in [0.2, 0.25) is 5.91 Å². The van der Waals surface area contributed by atoms with E-state index in [4.69, 9.17) is 4.74 Å². The molecule has 0 spiro atoms. The maximum absolute atomic E-state index is 13.2. The Morgan fingerprint density at radius 2 is 2.09 bits per heavy atom. The average molecular weight is 480 g/mol. The number of carbonyl (C=O) groups excluding carboxylic acids is 1. The number of ether oxygens (including phenoxy) is 1. The SMILES string of the molecule is C[C@@H]1CN([C@@H](C)CO)C(=O)Cc2cc(NS(=O)(=O)c3cn(C)cn3)ccc2O[C@H]1CN(C)C. The van der Waals surface area contributed by atoms with E-state index >= 15 is 0 Å². The minimum Gasteiger partial charge on any atom is -0.488 e. The van der Waals surface area contributed by atoms with Crippen molar-refractivity contribution in [2.75, 3.05) is 38.5 Å². The Hall–Kier alpha value is -2.63. The van der Waals surface area contributed by atoms with E-state index in [9.17, 15) is 18.3 Å². The maximum atomic E-state index is 13.2. The minimum atomic E-state index is -3.88. The van der Waals surface area contributed by atoms with Crippen molar-refractivity contribution in [3.05, 3.63) is 36.3 Å². The molecule has 0 aliphatic carbocycles. The fraction of sp³-hybridized carbons (Fsp3) is 0.545. The van der Waals surface area contributed by atoms with Gasteiger partial charge in [-0.15, -0.1) is 0 Å². The van der Waals surface area contributed by atoms with Crippen molar-refractivity contribution < 1.29 is 23.1 Å². The molecule has 11 heteroatoms. The van der Waals surface area contributed by atoms with Crippen LogP contribution in [-0.4, -0.2) is 84.7 Å². The lowest BCUT2D eigenvalue weighted by molar-refractivity contribution is -0.134. The van der Waals surface area contributed by atoms with Gasteiger partial charge >= 0.3 is 0 Å². The molecule has 3 atom stereocenters. The molecule has 2 heterocycles. The van der Waals surface area contributed by atoms with Crippen LogP contribution < -0.4 is 9.46 Å². The van der Waals surface area contributed by atoms with Gasteiger partial charge in [0.1, 0.15) is 11.9 Å². The second-order valence-corrected chi connectivity index (χ2v) is 10.6. The lowest BCUT2D eigenvalue weighted by atomic mass is 10.0. The second kappa shape index (κ2) is 10.1. The van der Waals surface area contributed by atoms with Gasteiger partial charge in [0, 0.05) is 43.5 Å². The minimum absolute atomic E-state index is 0.0126. The Kier molecular flexibility index (Phi) is 7.65. The summed E-state index contributed by atoms with van der Waals surface area (Å²) in [6, 6.07) is 4.59. The largest absolute Gasteiger partial charge is 0.488 e. The van der Waals surface area contributed by atoms with Crippen molar-refractivity contribution in [2.24, 2.45) is 13.0 Å². The highest BCUT2D eigenvalue weighted by molar-refractivity contribution is 7.92. The molecule has 182 valence electrons. The molecule has 1 aromatic heterocycles. The van der Waals surface area contributed by atoms with Crippen LogP contribution in [-0.2, 0) is 28.3 Å². The normalized spacial score (nSPS) is 20.5. The molecule has 33 heavy (non-hydrogen) atoms. The van der Waals surface area contributed by atoms with Gasteiger partial charge in [0.25, 0.3) is 10.0 Å². The van der Waals surface area contributed by atoms with Crippen molar-refractivity contribution in [1.82, 2.24) is 19.4 Å². The fourth-order valence-electron chi connectivity index (χ4n) is 3.81. The van der Waals surface area contributed by atoms with Gasteiger partial charge in [-0.1, -0.05) is 6.92 Å². The molecule has 0 radical (unpaired) electrons. The summed E-state index contributed by atoms with van der Waals surface area (Å²) in [6.45, 7) is 4.78. The number of sulfonamides is 1. The van der Waals surface area contributed by atoms with Crippen LogP contribution in [0.4, 0.5) is 5.69 Å². The molecule has 0 unspecified atom stereocenters. The first-order valence-corrected chi connectivity index (χ1v) is 12.3. The monoisotopic (exact) mass is 479 g/mol. The van der Waals surface area contributed by atoms with Crippen LogP contribution in [0.25, 0.3) is 0 Å². The van der Waals surface area contributed by atoms with Crippen molar-refractivity contribution in [3.63, 3.8) is 0 Å². The lowest BCUT2D eigenvalue weighted by Crippen LogP contribution is -2.47. The lowest BCUT2D eigenvalue weighted by Gasteiger charge is -2.33. The quantitative estimate of drug-likeness (QED) is 0.607. The molecule has 10 nitrogen and oxygen atoms in total. The molecule has 1 aliphatic rings. The summed E-state index contributed by atoms with van der Waals surface area (Å²) in [6.07, 6.45) is 2.65. The Balaban J connectivity index is 1.97. The standard InChI is InChI=1S/C22H33N5O5S/c1-15-10-27(16(2)13-28)22(29)9-17-8-18(6-7-19(17)32-20(15)11-25(3)4)24-33(30,31)21-12-26(5)14-23-21/h6-8,12,14-16,20,24,28H,9-11,13H2,1-5H3/t15-,16+,20+/m1/s1.